The third-order valence-electron chi connectivity index (χ3n) is 5.92. The average Bonchev–Trinajstić information content (AvgIpc) is 3.42. The molecule has 0 saturated heterocycles. The Kier molecular flexibility index (Phi) is 5.20. The van der Waals surface area contributed by atoms with E-state index in [2.05, 4.69) is 10.3 Å². The normalized spacial score (nSPS) is 17.5. The first-order valence-electron chi connectivity index (χ1n) is 10.3. The van der Waals surface area contributed by atoms with Gasteiger partial charge in [0.25, 0.3) is 5.91 Å². The number of hydrogen-bond acceptors (Lipinski definition) is 4. The number of nitrogens with zero attached hydrogens (tertiary/aromatic N) is 2. The minimum atomic E-state index is -0.221. The van der Waals surface area contributed by atoms with Crippen molar-refractivity contribution in [3.63, 3.8) is 0 Å². The van der Waals surface area contributed by atoms with Gasteiger partial charge in [-0.05, 0) is 50.2 Å². The molecule has 6 heteroatoms. The lowest BCUT2D eigenvalue weighted by Gasteiger charge is -2.22. The van der Waals surface area contributed by atoms with E-state index < -0.39 is 0 Å². The quantitative estimate of drug-likeness (QED) is 0.746. The van der Waals surface area contributed by atoms with Crippen LogP contribution in [0.4, 0.5) is 5.82 Å². The van der Waals surface area contributed by atoms with Gasteiger partial charge in [-0.25, -0.2) is 4.98 Å². The number of nitrogens with one attached hydrogen (secondary N) is 1. The van der Waals surface area contributed by atoms with Crippen LogP contribution in [-0.4, -0.2) is 27.3 Å². The van der Waals surface area contributed by atoms with Crippen molar-refractivity contribution in [2.75, 3.05) is 5.73 Å². The second kappa shape index (κ2) is 7.78. The monoisotopic (exact) mass is 380 g/mol. The van der Waals surface area contributed by atoms with Crippen LogP contribution in [0.2, 0.25) is 0 Å². The maximum Gasteiger partial charge on any atom is 0.273 e. The number of hydrogen-bond donors (Lipinski definition) is 2. The Labute approximate surface area is 165 Å². The van der Waals surface area contributed by atoms with Crippen molar-refractivity contribution < 1.29 is 9.59 Å². The van der Waals surface area contributed by atoms with E-state index in [1.807, 2.05) is 25.1 Å². The smallest absolute Gasteiger partial charge is 0.273 e. The molecule has 28 heavy (non-hydrogen) atoms. The van der Waals surface area contributed by atoms with Gasteiger partial charge in [-0.1, -0.05) is 31.4 Å². The highest BCUT2D eigenvalue weighted by molar-refractivity contribution is 5.98. The minimum Gasteiger partial charge on any atom is -0.383 e. The predicted octanol–water partition coefficient (Wildman–Crippen LogP) is 3.81. The molecule has 1 aromatic heterocycles. The van der Waals surface area contributed by atoms with Gasteiger partial charge in [0, 0.05) is 18.0 Å². The first-order valence-corrected chi connectivity index (χ1v) is 10.3. The summed E-state index contributed by atoms with van der Waals surface area (Å²) in [5.41, 5.74) is 8.99. The van der Waals surface area contributed by atoms with Gasteiger partial charge in [-0.15, -0.1) is 0 Å². The lowest BCUT2D eigenvalue weighted by Crippen LogP contribution is -2.36. The Morgan fingerprint density at radius 1 is 1.18 bits per heavy atom. The van der Waals surface area contributed by atoms with Crippen LogP contribution < -0.4 is 11.1 Å². The molecule has 6 nitrogen and oxygen atoms in total. The van der Waals surface area contributed by atoms with E-state index in [1.54, 1.807) is 10.9 Å². The zero-order valence-electron chi connectivity index (χ0n) is 16.4. The molecule has 1 amide bonds. The Morgan fingerprint density at radius 3 is 2.64 bits per heavy atom. The summed E-state index contributed by atoms with van der Waals surface area (Å²) >= 11 is 0. The molecule has 2 saturated carbocycles. The van der Waals surface area contributed by atoms with Crippen molar-refractivity contribution in [1.82, 2.24) is 14.9 Å². The van der Waals surface area contributed by atoms with E-state index in [4.69, 9.17) is 5.73 Å². The zero-order valence-corrected chi connectivity index (χ0v) is 16.4. The summed E-state index contributed by atoms with van der Waals surface area (Å²) in [6.45, 7) is 1.96. The molecule has 2 aliphatic carbocycles. The molecular formula is C22H28N4O2. The molecule has 0 spiro atoms. The van der Waals surface area contributed by atoms with Gasteiger partial charge in [0.15, 0.2) is 11.5 Å². The number of aryl methyl sites for hydroxylation is 1. The zero-order chi connectivity index (χ0) is 19.7. The maximum absolute atomic E-state index is 12.6. The number of amides is 1. The molecule has 2 fully saturated rings. The summed E-state index contributed by atoms with van der Waals surface area (Å²) in [5.74, 6) is 0.799. The van der Waals surface area contributed by atoms with E-state index >= 15 is 0 Å². The van der Waals surface area contributed by atoms with Gasteiger partial charge in [-0.2, -0.15) is 0 Å². The van der Waals surface area contributed by atoms with Gasteiger partial charge in [0.2, 0.25) is 0 Å². The van der Waals surface area contributed by atoms with Crippen LogP contribution in [-0.2, 0) is 0 Å². The Morgan fingerprint density at radius 2 is 1.93 bits per heavy atom. The van der Waals surface area contributed by atoms with Crippen LogP contribution in [0.15, 0.2) is 24.5 Å². The highest BCUT2D eigenvalue weighted by Gasteiger charge is 2.26. The van der Waals surface area contributed by atoms with Crippen molar-refractivity contribution in [3.05, 3.63) is 41.3 Å². The number of anilines is 1. The van der Waals surface area contributed by atoms with E-state index in [1.165, 1.54) is 6.42 Å². The third kappa shape index (κ3) is 3.96. The topological polar surface area (TPSA) is 90.0 Å². The molecule has 1 aromatic carbocycles. The molecule has 0 unspecified atom stereocenters. The molecular weight excluding hydrogens is 352 g/mol. The number of ketones is 1. The van der Waals surface area contributed by atoms with Gasteiger partial charge in [0.05, 0.1) is 5.69 Å². The molecule has 3 N–H and O–H groups in total. The van der Waals surface area contributed by atoms with Gasteiger partial charge in [0.1, 0.15) is 12.1 Å². The number of rotatable bonds is 6. The van der Waals surface area contributed by atoms with Crippen LogP contribution in [0, 0.1) is 12.8 Å². The van der Waals surface area contributed by atoms with Crippen molar-refractivity contribution in [3.8, 4) is 5.69 Å². The van der Waals surface area contributed by atoms with Crippen molar-refractivity contribution in [1.29, 1.82) is 0 Å². The van der Waals surface area contributed by atoms with Gasteiger partial charge in [-0.3, -0.25) is 14.2 Å². The molecule has 148 valence electrons. The number of imidazole rings is 1. The van der Waals surface area contributed by atoms with E-state index in [9.17, 15) is 9.59 Å². The fourth-order valence-corrected chi connectivity index (χ4v) is 3.97. The van der Waals surface area contributed by atoms with Crippen LogP contribution in [0.1, 0.15) is 77.8 Å². The first kappa shape index (κ1) is 18.7. The molecule has 2 aliphatic rings. The molecule has 0 bridgehead atoms. The molecule has 0 atom stereocenters. The highest BCUT2D eigenvalue weighted by atomic mass is 16.2. The molecule has 0 aliphatic heterocycles. The molecule has 4 rings (SSSR count). The minimum absolute atomic E-state index is 0.165. The number of nitrogen functional groups attached to an aromatic ring is 1. The molecule has 0 radical (unpaired) electrons. The van der Waals surface area contributed by atoms with Crippen LogP contribution in [0.25, 0.3) is 5.69 Å². The first-order chi connectivity index (χ1) is 13.5. The number of benzene rings is 1. The molecule has 2 aromatic rings. The second-order valence-corrected chi connectivity index (χ2v) is 8.23. The fraction of sp³-hybridized carbons (Fsp3) is 0.500. The largest absolute Gasteiger partial charge is 0.383 e. The standard InChI is InChI=1S/C22H28N4O2/c1-14-7-10-16(19(27)11-15-8-9-15)12-18(14)26-13-24-20(21(26)23)22(28)25-17-5-3-2-4-6-17/h7,10,12-13,15,17H,2-6,8-9,11,23H2,1H3,(H,25,28). The Balaban J connectivity index is 1.56. The number of carbonyl (C=O) groups excluding carboxylic acids is 2. The predicted molar refractivity (Wildman–Crippen MR) is 109 cm³/mol. The SMILES string of the molecule is Cc1ccc(C(=O)CC2CC2)cc1-n1cnc(C(=O)NC2CCCCC2)c1N. The summed E-state index contributed by atoms with van der Waals surface area (Å²) in [7, 11) is 0. The van der Waals surface area contributed by atoms with Crippen molar-refractivity contribution in [2.45, 2.75) is 64.3 Å². The summed E-state index contributed by atoms with van der Waals surface area (Å²) in [5, 5.41) is 3.06. The molecule has 1 heterocycles. The van der Waals surface area contributed by atoms with Gasteiger partial charge < -0.3 is 11.1 Å². The van der Waals surface area contributed by atoms with Crippen LogP contribution in [0.3, 0.4) is 0 Å². The third-order valence-corrected chi connectivity index (χ3v) is 5.92. The lowest BCUT2D eigenvalue weighted by molar-refractivity contribution is 0.0922. The van der Waals surface area contributed by atoms with Gasteiger partial charge >= 0.3 is 0 Å². The van der Waals surface area contributed by atoms with Crippen molar-refractivity contribution in [2.24, 2.45) is 5.92 Å². The number of carbonyl (C=O) groups is 2. The summed E-state index contributed by atoms with van der Waals surface area (Å²) < 4.78 is 1.71. The number of nitrogens with two attached hydrogens (primary N) is 1. The van der Waals surface area contributed by atoms with Crippen LogP contribution >= 0.6 is 0 Å². The number of aromatic nitrogens is 2. The second-order valence-electron chi connectivity index (χ2n) is 8.23. The summed E-state index contributed by atoms with van der Waals surface area (Å²) in [4.78, 5) is 29.4. The highest BCUT2D eigenvalue weighted by Crippen LogP contribution is 2.34. The van der Waals surface area contributed by atoms with E-state index in [0.717, 1.165) is 49.8 Å². The maximum atomic E-state index is 12.6. The van der Waals surface area contributed by atoms with E-state index in [-0.39, 0.29) is 23.4 Å². The van der Waals surface area contributed by atoms with Crippen molar-refractivity contribution >= 4 is 17.5 Å². The lowest BCUT2D eigenvalue weighted by atomic mass is 9.95. The number of Topliss-reactive ketones (excluding diaryl/α,β-unsaturated/α-hetero) is 1. The summed E-state index contributed by atoms with van der Waals surface area (Å²) in [6.07, 6.45) is 10.0. The van der Waals surface area contributed by atoms with Crippen LogP contribution in [0.5, 0.6) is 0 Å². The van der Waals surface area contributed by atoms with E-state index in [0.29, 0.717) is 23.7 Å². The summed E-state index contributed by atoms with van der Waals surface area (Å²) in [6, 6.07) is 5.86. The Hall–Kier alpha value is -2.63. The Bertz CT molecular complexity index is 892. The fourth-order valence-electron chi connectivity index (χ4n) is 3.97. The average molecular weight is 380 g/mol.